The Kier molecular flexibility index (Phi) is 4.46. The lowest BCUT2D eigenvalue weighted by Gasteiger charge is -2.09. The van der Waals surface area contributed by atoms with Crippen LogP contribution in [0.25, 0.3) is 21.5 Å². The van der Waals surface area contributed by atoms with E-state index in [9.17, 15) is 4.79 Å². The quantitative estimate of drug-likeness (QED) is 0.547. The van der Waals surface area contributed by atoms with Crippen molar-refractivity contribution < 1.29 is 4.79 Å². The first kappa shape index (κ1) is 16.4. The van der Waals surface area contributed by atoms with Crippen molar-refractivity contribution in [2.45, 2.75) is 13.3 Å². The summed E-state index contributed by atoms with van der Waals surface area (Å²) < 4.78 is 0. The Morgan fingerprint density at radius 3 is 2.77 bits per heavy atom. The number of amides is 1. The number of nitrogens with one attached hydrogen (secondary N) is 1. The minimum absolute atomic E-state index is 0.162. The summed E-state index contributed by atoms with van der Waals surface area (Å²) in [5.41, 5.74) is 2.92. The third-order valence-electron chi connectivity index (χ3n) is 4.14. The molecule has 0 spiro atoms. The number of hydrogen-bond acceptors (Lipinski definition) is 4. The van der Waals surface area contributed by atoms with E-state index >= 15 is 0 Å². The fraction of sp³-hybridized carbons (Fsp3) is 0.0952. The minimum Gasteiger partial charge on any atom is -0.321 e. The number of nitrogens with zero attached hydrogens (tertiary/aromatic N) is 2. The molecular weight excluding hydrogens is 342 g/mol. The monoisotopic (exact) mass is 359 g/mol. The van der Waals surface area contributed by atoms with Crippen LogP contribution in [0.3, 0.4) is 0 Å². The highest BCUT2D eigenvalue weighted by Crippen LogP contribution is 2.30. The van der Waals surface area contributed by atoms with Crippen molar-refractivity contribution in [3.63, 3.8) is 0 Å². The fourth-order valence-electron chi connectivity index (χ4n) is 2.83. The first-order valence-electron chi connectivity index (χ1n) is 8.45. The molecule has 128 valence electrons. The average Bonchev–Trinajstić information content (AvgIpc) is 3.17. The lowest BCUT2D eigenvalue weighted by molar-refractivity contribution is 0.102. The Labute approximate surface area is 155 Å². The number of rotatable bonds is 4. The molecule has 0 saturated carbocycles. The summed E-state index contributed by atoms with van der Waals surface area (Å²) in [5, 5.41) is 3.76. The van der Waals surface area contributed by atoms with Crippen LogP contribution < -0.4 is 5.32 Å². The van der Waals surface area contributed by atoms with Gasteiger partial charge in [-0.3, -0.25) is 9.78 Å². The van der Waals surface area contributed by atoms with Gasteiger partial charge in [0.15, 0.2) is 0 Å². The first-order chi connectivity index (χ1) is 12.7. The van der Waals surface area contributed by atoms with Gasteiger partial charge >= 0.3 is 0 Å². The van der Waals surface area contributed by atoms with Gasteiger partial charge in [-0.15, -0.1) is 11.3 Å². The van der Waals surface area contributed by atoms with E-state index in [1.807, 2.05) is 36.4 Å². The van der Waals surface area contributed by atoms with E-state index in [0.29, 0.717) is 11.3 Å². The number of aromatic nitrogens is 2. The third-order valence-corrected chi connectivity index (χ3v) is 5.39. The van der Waals surface area contributed by atoms with Gasteiger partial charge in [0.1, 0.15) is 0 Å². The maximum absolute atomic E-state index is 12.9. The Balaban J connectivity index is 1.80. The molecule has 4 nitrogen and oxygen atoms in total. The van der Waals surface area contributed by atoms with E-state index in [0.717, 1.165) is 27.9 Å². The number of thiophene rings is 1. The highest BCUT2D eigenvalue weighted by Gasteiger charge is 2.15. The number of fused-ring (bicyclic) bond motifs is 1. The Hall–Kier alpha value is -3.05. The van der Waals surface area contributed by atoms with Crippen LogP contribution in [0.4, 0.5) is 5.69 Å². The smallest absolute Gasteiger partial charge is 0.256 e. The third kappa shape index (κ3) is 3.21. The number of anilines is 1. The maximum Gasteiger partial charge on any atom is 0.256 e. The van der Waals surface area contributed by atoms with E-state index in [4.69, 9.17) is 4.98 Å². The number of carbonyl (C=O) groups excluding carboxylic acids is 1. The summed E-state index contributed by atoms with van der Waals surface area (Å²) in [4.78, 5) is 24.1. The van der Waals surface area contributed by atoms with Crippen LogP contribution in [0.1, 0.15) is 22.2 Å². The molecule has 0 bridgehead atoms. The molecule has 26 heavy (non-hydrogen) atoms. The molecule has 0 saturated heterocycles. The molecule has 4 rings (SSSR count). The van der Waals surface area contributed by atoms with Crippen molar-refractivity contribution in [3.8, 4) is 10.6 Å². The topological polar surface area (TPSA) is 54.9 Å². The second-order valence-electron chi connectivity index (χ2n) is 5.89. The lowest BCUT2D eigenvalue weighted by Crippen LogP contribution is -2.13. The zero-order chi connectivity index (χ0) is 17.9. The van der Waals surface area contributed by atoms with Crippen molar-refractivity contribution in [2.24, 2.45) is 0 Å². The molecule has 0 aliphatic heterocycles. The van der Waals surface area contributed by atoms with Crippen LogP contribution in [0.15, 0.2) is 67.0 Å². The number of para-hydroxylation sites is 1. The molecule has 4 aromatic rings. The lowest BCUT2D eigenvalue weighted by atomic mass is 10.1. The fourth-order valence-corrected chi connectivity index (χ4v) is 3.74. The van der Waals surface area contributed by atoms with Gasteiger partial charge in [-0.1, -0.05) is 25.1 Å². The normalized spacial score (nSPS) is 10.8. The van der Waals surface area contributed by atoms with Crippen molar-refractivity contribution in [2.75, 3.05) is 5.32 Å². The molecule has 0 unspecified atom stereocenters. The molecule has 5 heteroatoms. The van der Waals surface area contributed by atoms with Gasteiger partial charge in [0.25, 0.3) is 5.91 Å². The van der Waals surface area contributed by atoms with Crippen LogP contribution in [-0.2, 0) is 6.42 Å². The summed E-state index contributed by atoms with van der Waals surface area (Å²) in [6.45, 7) is 2.14. The van der Waals surface area contributed by atoms with E-state index < -0.39 is 0 Å². The summed E-state index contributed by atoms with van der Waals surface area (Å²) in [5.74, 6) is -0.162. The van der Waals surface area contributed by atoms with E-state index in [2.05, 4.69) is 29.4 Å². The molecule has 3 aromatic heterocycles. The van der Waals surface area contributed by atoms with Crippen LogP contribution >= 0.6 is 11.3 Å². The standard InChI is InChI=1S/C21H17N3OS/c1-2-15-9-10-20(26-15)19-12-17(16-7-3-4-8-18(16)24-19)21(25)23-14-6-5-11-22-13-14/h3-13H,2H2,1H3,(H,23,25). The summed E-state index contributed by atoms with van der Waals surface area (Å²) >= 11 is 1.71. The highest BCUT2D eigenvalue weighted by atomic mass is 32.1. The number of hydrogen-bond donors (Lipinski definition) is 1. The molecule has 0 radical (unpaired) electrons. The average molecular weight is 359 g/mol. The molecular formula is C21H17N3OS. The van der Waals surface area contributed by atoms with Gasteiger partial charge in [-0.2, -0.15) is 0 Å². The zero-order valence-corrected chi connectivity index (χ0v) is 15.1. The minimum atomic E-state index is -0.162. The molecule has 3 heterocycles. The van der Waals surface area contributed by atoms with Crippen molar-refractivity contribution in [3.05, 3.63) is 77.4 Å². The van der Waals surface area contributed by atoms with E-state index in [1.54, 1.807) is 29.8 Å². The van der Waals surface area contributed by atoms with Crippen LogP contribution in [-0.4, -0.2) is 15.9 Å². The van der Waals surface area contributed by atoms with Gasteiger partial charge in [0.05, 0.1) is 33.5 Å². The van der Waals surface area contributed by atoms with Crippen molar-refractivity contribution in [1.82, 2.24) is 9.97 Å². The van der Waals surface area contributed by atoms with E-state index in [-0.39, 0.29) is 5.91 Å². The second-order valence-corrected chi connectivity index (χ2v) is 7.06. The van der Waals surface area contributed by atoms with Crippen molar-refractivity contribution >= 4 is 33.8 Å². The largest absolute Gasteiger partial charge is 0.321 e. The number of aryl methyl sites for hydroxylation is 1. The van der Waals surface area contributed by atoms with Gasteiger partial charge in [0, 0.05) is 16.5 Å². The molecule has 0 aliphatic rings. The molecule has 1 aromatic carbocycles. The predicted octanol–water partition coefficient (Wildman–Crippen LogP) is 5.17. The number of carbonyl (C=O) groups is 1. The van der Waals surface area contributed by atoms with Crippen LogP contribution in [0.5, 0.6) is 0 Å². The summed E-state index contributed by atoms with van der Waals surface area (Å²) in [6, 6.07) is 17.4. The number of pyridine rings is 2. The molecule has 0 atom stereocenters. The van der Waals surface area contributed by atoms with Crippen LogP contribution in [0.2, 0.25) is 0 Å². The maximum atomic E-state index is 12.9. The predicted molar refractivity (Wildman–Crippen MR) is 107 cm³/mol. The van der Waals surface area contributed by atoms with Crippen molar-refractivity contribution in [1.29, 1.82) is 0 Å². The Bertz CT molecular complexity index is 1070. The molecule has 0 fully saturated rings. The first-order valence-corrected chi connectivity index (χ1v) is 9.26. The molecule has 0 aliphatic carbocycles. The van der Waals surface area contributed by atoms with Gasteiger partial charge < -0.3 is 5.32 Å². The second kappa shape index (κ2) is 7.06. The molecule has 1 amide bonds. The SMILES string of the molecule is CCc1ccc(-c2cc(C(=O)Nc3cccnc3)c3ccccc3n2)s1. The Morgan fingerprint density at radius 1 is 1.12 bits per heavy atom. The zero-order valence-electron chi connectivity index (χ0n) is 14.3. The summed E-state index contributed by atoms with van der Waals surface area (Å²) in [6.07, 6.45) is 4.30. The van der Waals surface area contributed by atoms with Crippen LogP contribution in [0, 0.1) is 0 Å². The summed E-state index contributed by atoms with van der Waals surface area (Å²) in [7, 11) is 0. The van der Waals surface area contributed by atoms with Gasteiger partial charge in [-0.25, -0.2) is 4.98 Å². The van der Waals surface area contributed by atoms with Gasteiger partial charge in [0.2, 0.25) is 0 Å². The highest BCUT2D eigenvalue weighted by molar-refractivity contribution is 7.15. The number of benzene rings is 1. The Morgan fingerprint density at radius 2 is 2.00 bits per heavy atom. The van der Waals surface area contributed by atoms with E-state index in [1.165, 1.54) is 4.88 Å². The molecule has 1 N–H and O–H groups in total. The van der Waals surface area contributed by atoms with Gasteiger partial charge in [-0.05, 0) is 42.8 Å².